The summed E-state index contributed by atoms with van der Waals surface area (Å²) in [6, 6.07) is 11.7. The predicted octanol–water partition coefficient (Wildman–Crippen LogP) is 3.05. The van der Waals surface area contributed by atoms with Crippen LogP contribution in [-0.2, 0) is 13.2 Å². The summed E-state index contributed by atoms with van der Waals surface area (Å²) in [5.74, 6) is 2.26. The van der Waals surface area contributed by atoms with Gasteiger partial charge in [0.1, 0.15) is 12.4 Å². The summed E-state index contributed by atoms with van der Waals surface area (Å²) in [4.78, 5) is 0. The molecule has 0 aliphatic heterocycles. The first-order valence-corrected chi connectivity index (χ1v) is 6.81. The van der Waals surface area contributed by atoms with Crippen LogP contribution in [0.15, 0.2) is 36.4 Å². The van der Waals surface area contributed by atoms with Crippen molar-refractivity contribution in [2.75, 3.05) is 14.2 Å². The lowest BCUT2D eigenvalue weighted by Crippen LogP contribution is -2.04. The van der Waals surface area contributed by atoms with Gasteiger partial charge < -0.3 is 19.9 Å². The highest BCUT2D eigenvalue weighted by Gasteiger charge is 2.08. The van der Waals surface area contributed by atoms with E-state index in [1.807, 2.05) is 43.3 Å². The second kappa shape index (κ2) is 6.99. The monoisotopic (exact) mass is 287 g/mol. The van der Waals surface area contributed by atoms with Gasteiger partial charge in [-0.1, -0.05) is 24.3 Å². The summed E-state index contributed by atoms with van der Waals surface area (Å²) in [5.41, 5.74) is 8.86. The number of ether oxygens (including phenoxy) is 3. The van der Waals surface area contributed by atoms with Crippen molar-refractivity contribution in [2.24, 2.45) is 5.73 Å². The lowest BCUT2D eigenvalue weighted by molar-refractivity contribution is 0.298. The van der Waals surface area contributed by atoms with E-state index in [4.69, 9.17) is 19.9 Å². The molecule has 4 nitrogen and oxygen atoms in total. The van der Waals surface area contributed by atoms with Crippen LogP contribution in [-0.4, -0.2) is 14.2 Å². The van der Waals surface area contributed by atoms with E-state index in [9.17, 15) is 0 Å². The van der Waals surface area contributed by atoms with Gasteiger partial charge in [-0.05, 0) is 30.2 Å². The van der Waals surface area contributed by atoms with E-state index in [2.05, 4.69) is 0 Å². The summed E-state index contributed by atoms with van der Waals surface area (Å²) in [7, 11) is 3.24. The lowest BCUT2D eigenvalue weighted by atomic mass is 10.1. The molecule has 2 rings (SSSR count). The third-order valence-electron chi connectivity index (χ3n) is 3.34. The lowest BCUT2D eigenvalue weighted by Gasteiger charge is -2.14. The highest BCUT2D eigenvalue weighted by molar-refractivity contribution is 5.44. The Morgan fingerprint density at radius 2 is 1.76 bits per heavy atom. The fraction of sp³-hybridized carbons (Fsp3) is 0.294. The number of aryl methyl sites for hydroxylation is 1. The van der Waals surface area contributed by atoms with Crippen molar-refractivity contribution >= 4 is 0 Å². The largest absolute Gasteiger partial charge is 0.493 e. The number of para-hydroxylation sites is 1. The molecule has 2 aromatic rings. The fourth-order valence-electron chi connectivity index (χ4n) is 2.21. The number of hydrogen-bond donors (Lipinski definition) is 1. The molecule has 0 aliphatic carbocycles. The maximum Gasteiger partial charge on any atom is 0.161 e. The first-order chi connectivity index (χ1) is 10.2. The molecule has 0 aliphatic rings. The second-order valence-electron chi connectivity index (χ2n) is 4.75. The summed E-state index contributed by atoms with van der Waals surface area (Å²) in [5, 5.41) is 0. The highest BCUT2D eigenvalue weighted by atomic mass is 16.5. The molecule has 0 saturated heterocycles. The van der Waals surface area contributed by atoms with Crippen LogP contribution in [0, 0.1) is 6.92 Å². The van der Waals surface area contributed by atoms with E-state index < -0.39 is 0 Å². The van der Waals surface area contributed by atoms with Crippen LogP contribution in [0.4, 0.5) is 0 Å². The molecule has 112 valence electrons. The van der Waals surface area contributed by atoms with Gasteiger partial charge in [-0.15, -0.1) is 0 Å². The third-order valence-corrected chi connectivity index (χ3v) is 3.34. The molecule has 0 heterocycles. The van der Waals surface area contributed by atoms with Crippen LogP contribution < -0.4 is 19.9 Å². The molecule has 0 unspecified atom stereocenters. The van der Waals surface area contributed by atoms with Crippen LogP contribution in [0.5, 0.6) is 17.2 Å². The summed E-state index contributed by atoms with van der Waals surface area (Å²) in [6.07, 6.45) is 0. The molecule has 0 amide bonds. The summed E-state index contributed by atoms with van der Waals surface area (Å²) < 4.78 is 16.5. The quantitative estimate of drug-likeness (QED) is 0.887. The SMILES string of the molecule is COc1ccc(COc2c(C)cccc2CN)cc1OC. The normalized spacial score (nSPS) is 10.3. The molecular formula is C17H21NO3. The zero-order chi connectivity index (χ0) is 15.2. The molecular weight excluding hydrogens is 266 g/mol. The Labute approximate surface area is 125 Å². The highest BCUT2D eigenvalue weighted by Crippen LogP contribution is 2.29. The van der Waals surface area contributed by atoms with Gasteiger partial charge in [0, 0.05) is 12.1 Å². The minimum atomic E-state index is 0.457. The van der Waals surface area contributed by atoms with Gasteiger partial charge in [-0.3, -0.25) is 0 Å². The van der Waals surface area contributed by atoms with Crippen LogP contribution in [0.2, 0.25) is 0 Å². The molecule has 0 spiro atoms. The molecule has 0 saturated carbocycles. The van der Waals surface area contributed by atoms with E-state index in [0.29, 0.717) is 24.7 Å². The molecule has 0 bridgehead atoms. The van der Waals surface area contributed by atoms with Crippen molar-refractivity contribution in [2.45, 2.75) is 20.1 Å². The smallest absolute Gasteiger partial charge is 0.161 e. The summed E-state index contributed by atoms with van der Waals surface area (Å²) in [6.45, 7) is 2.93. The van der Waals surface area contributed by atoms with Gasteiger partial charge in [-0.2, -0.15) is 0 Å². The molecule has 2 aromatic carbocycles. The van der Waals surface area contributed by atoms with Gasteiger partial charge >= 0.3 is 0 Å². The van der Waals surface area contributed by atoms with Crippen LogP contribution in [0.25, 0.3) is 0 Å². The number of nitrogens with two attached hydrogens (primary N) is 1. The Morgan fingerprint density at radius 1 is 1.00 bits per heavy atom. The Balaban J connectivity index is 2.17. The van der Waals surface area contributed by atoms with E-state index >= 15 is 0 Å². The molecule has 0 radical (unpaired) electrons. The Hall–Kier alpha value is -2.20. The van der Waals surface area contributed by atoms with E-state index in [1.165, 1.54) is 0 Å². The van der Waals surface area contributed by atoms with Crippen LogP contribution in [0.1, 0.15) is 16.7 Å². The Morgan fingerprint density at radius 3 is 2.43 bits per heavy atom. The van der Waals surface area contributed by atoms with Crippen molar-refractivity contribution in [3.63, 3.8) is 0 Å². The standard InChI is InChI=1S/C17H21NO3/c1-12-5-4-6-14(10-18)17(12)21-11-13-7-8-15(19-2)16(9-13)20-3/h4-9H,10-11,18H2,1-3H3. The zero-order valence-corrected chi connectivity index (χ0v) is 12.7. The first-order valence-electron chi connectivity index (χ1n) is 6.81. The van der Waals surface area contributed by atoms with Gasteiger partial charge in [0.15, 0.2) is 11.5 Å². The maximum atomic E-state index is 5.94. The predicted molar refractivity (Wildman–Crippen MR) is 82.9 cm³/mol. The molecule has 2 N–H and O–H groups in total. The molecule has 21 heavy (non-hydrogen) atoms. The minimum Gasteiger partial charge on any atom is -0.493 e. The summed E-state index contributed by atoms with van der Waals surface area (Å²) >= 11 is 0. The van der Waals surface area contributed by atoms with Gasteiger partial charge in [0.05, 0.1) is 14.2 Å². The average Bonchev–Trinajstić information content (AvgIpc) is 2.53. The van der Waals surface area contributed by atoms with Gasteiger partial charge in [0.2, 0.25) is 0 Å². The maximum absolute atomic E-state index is 5.94. The van der Waals surface area contributed by atoms with Crippen LogP contribution in [0.3, 0.4) is 0 Å². The van der Waals surface area contributed by atoms with Gasteiger partial charge in [0.25, 0.3) is 0 Å². The van der Waals surface area contributed by atoms with E-state index in [-0.39, 0.29) is 0 Å². The van der Waals surface area contributed by atoms with E-state index in [1.54, 1.807) is 14.2 Å². The number of rotatable bonds is 6. The van der Waals surface area contributed by atoms with Crippen molar-refractivity contribution in [3.8, 4) is 17.2 Å². The van der Waals surface area contributed by atoms with Crippen molar-refractivity contribution in [1.29, 1.82) is 0 Å². The third kappa shape index (κ3) is 3.47. The first kappa shape index (κ1) is 15.2. The number of benzene rings is 2. The van der Waals surface area contributed by atoms with Gasteiger partial charge in [-0.25, -0.2) is 0 Å². The molecule has 4 heteroatoms. The average molecular weight is 287 g/mol. The minimum absolute atomic E-state index is 0.457. The zero-order valence-electron chi connectivity index (χ0n) is 12.7. The second-order valence-corrected chi connectivity index (χ2v) is 4.75. The molecule has 0 aromatic heterocycles. The molecule has 0 fully saturated rings. The Bertz CT molecular complexity index is 611. The fourth-order valence-corrected chi connectivity index (χ4v) is 2.21. The van der Waals surface area contributed by atoms with Crippen molar-refractivity contribution in [1.82, 2.24) is 0 Å². The molecule has 0 atom stereocenters. The van der Waals surface area contributed by atoms with E-state index in [0.717, 1.165) is 22.4 Å². The Kier molecular flexibility index (Phi) is 5.06. The number of hydrogen-bond acceptors (Lipinski definition) is 4. The number of methoxy groups -OCH3 is 2. The van der Waals surface area contributed by atoms with Crippen LogP contribution >= 0.6 is 0 Å². The topological polar surface area (TPSA) is 53.7 Å². The van der Waals surface area contributed by atoms with Crippen molar-refractivity contribution in [3.05, 3.63) is 53.1 Å². The van der Waals surface area contributed by atoms with Crippen molar-refractivity contribution < 1.29 is 14.2 Å².